The number of nitrogens with one attached hydrogen (secondary N) is 1. The lowest BCUT2D eigenvalue weighted by Gasteiger charge is -2.27. The number of nitrogens with zero attached hydrogens (tertiary/aromatic N) is 4. The van der Waals surface area contributed by atoms with E-state index in [0.717, 1.165) is 10.9 Å². The van der Waals surface area contributed by atoms with Gasteiger partial charge in [0.25, 0.3) is 0 Å². The summed E-state index contributed by atoms with van der Waals surface area (Å²) in [6, 6.07) is 1.80. The first kappa shape index (κ1) is 20.5. The average molecular weight is 438 g/mol. The van der Waals surface area contributed by atoms with Crippen LogP contribution in [0.4, 0.5) is 5.82 Å². The summed E-state index contributed by atoms with van der Waals surface area (Å²) >= 11 is 6.23. The molecule has 1 aliphatic rings. The monoisotopic (exact) mass is 437 g/mol. The Morgan fingerprint density at radius 1 is 1.28 bits per heavy atom. The predicted molar refractivity (Wildman–Crippen MR) is 115 cm³/mol. The summed E-state index contributed by atoms with van der Waals surface area (Å²) in [5, 5.41) is 0.915. The first-order chi connectivity index (χ1) is 13.7. The minimum Gasteiger partial charge on any atom is -0.432 e. The van der Waals surface area contributed by atoms with Gasteiger partial charge in [-0.05, 0) is 50.9 Å². The second kappa shape index (κ2) is 7.79. The van der Waals surface area contributed by atoms with Crippen molar-refractivity contribution in [1.82, 2.24) is 19.7 Å². The lowest BCUT2D eigenvalue weighted by Crippen LogP contribution is -2.36. The van der Waals surface area contributed by atoms with E-state index in [1.807, 2.05) is 33.8 Å². The Morgan fingerprint density at radius 2 is 2.00 bits per heavy atom. The minimum absolute atomic E-state index is 0.159. The smallest absolute Gasteiger partial charge is 0.229 e. The molecule has 1 fully saturated rings. The van der Waals surface area contributed by atoms with Crippen molar-refractivity contribution in [1.29, 1.82) is 0 Å². The van der Waals surface area contributed by atoms with Crippen molar-refractivity contribution in [2.45, 2.75) is 38.5 Å². The Hall–Kier alpha value is -1.81. The first-order valence-electron chi connectivity index (χ1n) is 9.50. The molecule has 0 bridgehead atoms. The van der Waals surface area contributed by atoms with Gasteiger partial charge in [-0.3, -0.25) is 0 Å². The van der Waals surface area contributed by atoms with Crippen molar-refractivity contribution >= 4 is 50.6 Å². The van der Waals surface area contributed by atoms with Gasteiger partial charge in [0.1, 0.15) is 5.52 Å². The van der Waals surface area contributed by atoms with Gasteiger partial charge >= 0.3 is 0 Å². The molecule has 4 heterocycles. The van der Waals surface area contributed by atoms with Crippen LogP contribution in [0, 0.1) is 0 Å². The van der Waals surface area contributed by atoms with Gasteiger partial charge in [0, 0.05) is 25.3 Å². The Bertz CT molecular complexity index is 1080. The Labute approximate surface area is 176 Å². The largest absolute Gasteiger partial charge is 0.432 e. The lowest BCUT2D eigenvalue weighted by atomic mass is 10.1. The van der Waals surface area contributed by atoms with Gasteiger partial charge in [-0.1, -0.05) is 0 Å². The number of morpholine rings is 1. The molecule has 0 radical (unpaired) electrons. The third kappa shape index (κ3) is 4.09. The van der Waals surface area contributed by atoms with Crippen LogP contribution >= 0.6 is 11.6 Å². The number of anilines is 1. The maximum absolute atomic E-state index is 12.4. The van der Waals surface area contributed by atoms with E-state index in [9.17, 15) is 4.21 Å². The van der Waals surface area contributed by atoms with Crippen LogP contribution in [-0.4, -0.2) is 50.2 Å². The average Bonchev–Trinajstić information content (AvgIpc) is 3.05. The van der Waals surface area contributed by atoms with Gasteiger partial charge in [-0.25, -0.2) is 18.9 Å². The quantitative estimate of drug-likeness (QED) is 0.625. The number of ether oxygens (including phenoxy) is 1. The second-order valence-electron chi connectivity index (χ2n) is 8.04. The molecule has 3 aromatic rings. The fourth-order valence-corrected chi connectivity index (χ4v) is 4.11. The molecule has 0 spiro atoms. The molecule has 1 saturated heterocycles. The van der Waals surface area contributed by atoms with Crippen LogP contribution in [0.15, 0.2) is 16.7 Å². The van der Waals surface area contributed by atoms with Crippen LogP contribution in [0.5, 0.6) is 0 Å². The third-order valence-corrected chi connectivity index (χ3v) is 6.65. The molecular formula is C19H24ClN5O3S. The Balaban J connectivity index is 1.76. The van der Waals surface area contributed by atoms with Crippen LogP contribution < -0.4 is 9.62 Å². The fraction of sp³-hybridized carbons (Fsp3) is 0.526. The maximum Gasteiger partial charge on any atom is 0.229 e. The first-order valence-corrected chi connectivity index (χ1v) is 11.0. The van der Waals surface area contributed by atoms with E-state index in [4.69, 9.17) is 20.8 Å². The molecule has 2 atom stereocenters. The van der Waals surface area contributed by atoms with Gasteiger partial charge in [0.15, 0.2) is 11.4 Å². The van der Waals surface area contributed by atoms with E-state index in [1.165, 1.54) is 0 Å². The van der Waals surface area contributed by atoms with Gasteiger partial charge in [0.05, 0.1) is 34.3 Å². The van der Waals surface area contributed by atoms with Gasteiger partial charge in [-0.2, -0.15) is 4.98 Å². The topological polar surface area (TPSA) is 93.4 Å². The minimum atomic E-state index is -1.20. The summed E-state index contributed by atoms with van der Waals surface area (Å²) < 4.78 is 26.7. The van der Waals surface area contributed by atoms with Crippen molar-refractivity contribution in [3.05, 3.63) is 23.1 Å². The summed E-state index contributed by atoms with van der Waals surface area (Å²) in [6.07, 6.45) is 1.73. The zero-order valence-corrected chi connectivity index (χ0v) is 18.4. The van der Waals surface area contributed by atoms with Crippen molar-refractivity contribution in [2.24, 2.45) is 0 Å². The zero-order chi connectivity index (χ0) is 20.8. The highest BCUT2D eigenvalue weighted by molar-refractivity contribution is 7.84. The summed E-state index contributed by atoms with van der Waals surface area (Å²) in [7, 11) is -1.20. The number of fused-ring (bicyclic) bond motifs is 3. The summed E-state index contributed by atoms with van der Waals surface area (Å²) in [5.41, 5.74) is 2.55. The predicted octanol–water partition coefficient (Wildman–Crippen LogP) is 3.37. The Kier molecular flexibility index (Phi) is 5.50. The normalized spacial score (nSPS) is 17.8. The molecule has 1 N–H and O–H groups in total. The highest BCUT2D eigenvalue weighted by Crippen LogP contribution is 2.34. The molecule has 8 nitrogen and oxygen atoms in total. The van der Waals surface area contributed by atoms with E-state index in [2.05, 4.69) is 24.6 Å². The van der Waals surface area contributed by atoms with Crippen molar-refractivity contribution in [2.75, 3.05) is 31.2 Å². The van der Waals surface area contributed by atoms with E-state index in [-0.39, 0.29) is 16.1 Å². The molecule has 10 heteroatoms. The zero-order valence-electron chi connectivity index (χ0n) is 16.9. The molecule has 1 aliphatic heterocycles. The number of furan rings is 1. The van der Waals surface area contributed by atoms with E-state index in [0.29, 0.717) is 48.9 Å². The SMILES string of the molecule is C[C@@H](NS(=O)C(C)(C)C)c1cnc2oc3c(N4CCOCC4)nc(Cl)nc3c2c1. The number of hydrogen-bond acceptors (Lipinski definition) is 7. The van der Waals surface area contributed by atoms with E-state index in [1.54, 1.807) is 6.20 Å². The van der Waals surface area contributed by atoms with Gasteiger partial charge < -0.3 is 14.1 Å². The molecule has 3 aromatic heterocycles. The van der Waals surface area contributed by atoms with Crippen LogP contribution in [0.2, 0.25) is 5.28 Å². The van der Waals surface area contributed by atoms with Crippen molar-refractivity contribution in [3.63, 3.8) is 0 Å². The highest BCUT2D eigenvalue weighted by Gasteiger charge is 2.24. The maximum atomic E-state index is 12.4. The number of halogens is 1. The van der Waals surface area contributed by atoms with Crippen LogP contribution in [-0.2, 0) is 15.7 Å². The number of pyridine rings is 1. The number of hydrogen-bond donors (Lipinski definition) is 1. The molecule has 0 aromatic carbocycles. The number of aromatic nitrogens is 3. The van der Waals surface area contributed by atoms with Crippen LogP contribution in [0.1, 0.15) is 39.3 Å². The molecule has 0 saturated carbocycles. The van der Waals surface area contributed by atoms with Crippen molar-refractivity contribution in [3.8, 4) is 0 Å². The van der Waals surface area contributed by atoms with E-state index >= 15 is 0 Å². The Morgan fingerprint density at radius 3 is 2.69 bits per heavy atom. The summed E-state index contributed by atoms with van der Waals surface area (Å²) in [6.45, 7) is 10.4. The summed E-state index contributed by atoms with van der Waals surface area (Å²) in [4.78, 5) is 15.3. The fourth-order valence-electron chi connectivity index (χ4n) is 3.14. The second-order valence-corrected chi connectivity index (χ2v) is 10.4. The third-order valence-electron chi connectivity index (χ3n) is 4.80. The standard InChI is InChI=1S/C19H24ClN5O3S/c1-11(24-29(26)19(2,3)4)12-9-13-14-15(28-17(13)21-10-12)16(23-18(20)22-14)25-5-7-27-8-6-25/h9-11,24H,5-8H2,1-4H3/t11-,29?/m1/s1. The van der Waals surface area contributed by atoms with Gasteiger partial charge in [-0.15, -0.1) is 0 Å². The molecule has 0 amide bonds. The summed E-state index contributed by atoms with van der Waals surface area (Å²) in [5.74, 6) is 0.655. The van der Waals surface area contributed by atoms with E-state index < -0.39 is 11.0 Å². The van der Waals surface area contributed by atoms with Crippen LogP contribution in [0.3, 0.4) is 0 Å². The molecule has 0 aliphatic carbocycles. The van der Waals surface area contributed by atoms with Gasteiger partial charge in [0.2, 0.25) is 11.0 Å². The highest BCUT2D eigenvalue weighted by atomic mass is 35.5. The van der Waals surface area contributed by atoms with Crippen LogP contribution in [0.25, 0.3) is 22.2 Å². The molecular weight excluding hydrogens is 414 g/mol. The number of rotatable bonds is 4. The molecule has 156 valence electrons. The molecule has 1 unspecified atom stereocenters. The lowest BCUT2D eigenvalue weighted by molar-refractivity contribution is 0.122. The molecule has 4 rings (SSSR count). The van der Waals surface area contributed by atoms with Crippen molar-refractivity contribution < 1.29 is 13.4 Å². The molecule has 29 heavy (non-hydrogen) atoms.